The minimum absolute atomic E-state index is 0.323. The van der Waals surface area contributed by atoms with Crippen molar-refractivity contribution in [3.8, 4) is 0 Å². The number of carbonyl (C=O) groups is 2. The van der Waals surface area contributed by atoms with E-state index in [-0.39, 0.29) is 5.95 Å². The molecule has 0 atom stereocenters. The smallest absolute Gasteiger partial charge is 0.345 e. The highest BCUT2D eigenvalue weighted by atomic mass is 16.7. The molecule has 0 saturated heterocycles. The molecular weight excluding hydrogens is 196 g/mol. The predicted molar refractivity (Wildman–Crippen MR) is 52.8 cm³/mol. The standard InChI is InChI=1S/C11H10O4/c1-8(12)14-9(2)15-11(13)10-6-4-3-5-7-10/h3-7H,2H2,1H3. The van der Waals surface area contributed by atoms with Gasteiger partial charge in [-0.1, -0.05) is 18.2 Å². The molecule has 0 N–H and O–H groups in total. The monoisotopic (exact) mass is 206 g/mol. The molecule has 0 saturated carbocycles. The summed E-state index contributed by atoms with van der Waals surface area (Å²) in [5.74, 6) is -1.51. The molecule has 78 valence electrons. The summed E-state index contributed by atoms with van der Waals surface area (Å²) in [6, 6.07) is 8.35. The van der Waals surface area contributed by atoms with E-state index in [0.29, 0.717) is 5.56 Å². The molecule has 15 heavy (non-hydrogen) atoms. The van der Waals surface area contributed by atoms with Crippen molar-refractivity contribution in [1.29, 1.82) is 0 Å². The molecule has 0 amide bonds. The Kier molecular flexibility index (Phi) is 3.62. The summed E-state index contributed by atoms with van der Waals surface area (Å²) in [6.07, 6.45) is 0. The molecule has 0 radical (unpaired) electrons. The average Bonchev–Trinajstić information content (AvgIpc) is 2.17. The number of hydrogen-bond acceptors (Lipinski definition) is 4. The van der Waals surface area contributed by atoms with Gasteiger partial charge in [-0.05, 0) is 18.7 Å². The van der Waals surface area contributed by atoms with Crippen LogP contribution in [0.4, 0.5) is 0 Å². The van der Waals surface area contributed by atoms with Gasteiger partial charge in [0.05, 0.1) is 5.56 Å². The van der Waals surface area contributed by atoms with Crippen LogP contribution in [-0.2, 0) is 14.3 Å². The van der Waals surface area contributed by atoms with Gasteiger partial charge in [-0.2, -0.15) is 0 Å². The second-order valence-corrected chi connectivity index (χ2v) is 2.72. The van der Waals surface area contributed by atoms with Gasteiger partial charge in [0.1, 0.15) is 0 Å². The molecule has 0 bridgehead atoms. The number of carbonyl (C=O) groups excluding carboxylic acids is 2. The molecular formula is C11H10O4. The first-order valence-corrected chi connectivity index (χ1v) is 4.24. The van der Waals surface area contributed by atoms with Gasteiger partial charge >= 0.3 is 11.9 Å². The van der Waals surface area contributed by atoms with Crippen LogP contribution in [0.15, 0.2) is 42.9 Å². The topological polar surface area (TPSA) is 52.6 Å². The van der Waals surface area contributed by atoms with Gasteiger partial charge in [0.15, 0.2) is 0 Å². The summed E-state index contributed by atoms with van der Waals surface area (Å²) in [5.41, 5.74) is 0.366. The molecule has 0 aliphatic carbocycles. The Labute approximate surface area is 87.1 Å². The highest BCUT2D eigenvalue weighted by molar-refractivity contribution is 5.89. The van der Waals surface area contributed by atoms with Gasteiger partial charge in [-0.25, -0.2) is 4.79 Å². The van der Waals surface area contributed by atoms with Crippen molar-refractivity contribution in [3.05, 3.63) is 48.4 Å². The Morgan fingerprint density at radius 2 is 1.73 bits per heavy atom. The van der Waals surface area contributed by atoms with Crippen molar-refractivity contribution >= 4 is 11.9 Å². The molecule has 1 aromatic rings. The fourth-order valence-electron chi connectivity index (χ4n) is 0.918. The van der Waals surface area contributed by atoms with Crippen LogP contribution < -0.4 is 0 Å². The van der Waals surface area contributed by atoms with Gasteiger partial charge in [0.25, 0.3) is 5.95 Å². The number of esters is 2. The highest BCUT2D eigenvalue weighted by Crippen LogP contribution is 2.05. The molecule has 1 aromatic carbocycles. The Morgan fingerprint density at radius 3 is 2.27 bits per heavy atom. The highest BCUT2D eigenvalue weighted by Gasteiger charge is 2.09. The first-order chi connectivity index (χ1) is 7.09. The van der Waals surface area contributed by atoms with Crippen molar-refractivity contribution in [2.24, 2.45) is 0 Å². The normalized spacial score (nSPS) is 9.13. The SMILES string of the molecule is C=C(OC(C)=O)OC(=O)c1ccccc1. The van der Waals surface area contributed by atoms with Gasteiger partial charge < -0.3 is 9.47 Å². The van der Waals surface area contributed by atoms with Gasteiger partial charge in [-0.15, -0.1) is 0 Å². The van der Waals surface area contributed by atoms with Crippen LogP contribution in [0.2, 0.25) is 0 Å². The first kappa shape index (κ1) is 11.0. The number of benzene rings is 1. The minimum Gasteiger partial charge on any atom is -0.393 e. The summed E-state index contributed by atoms with van der Waals surface area (Å²) >= 11 is 0. The van der Waals surface area contributed by atoms with E-state index in [2.05, 4.69) is 16.1 Å². The van der Waals surface area contributed by atoms with Crippen molar-refractivity contribution in [2.45, 2.75) is 6.92 Å². The summed E-state index contributed by atoms with van der Waals surface area (Å²) < 4.78 is 9.14. The molecule has 4 heteroatoms. The molecule has 0 unspecified atom stereocenters. The zero-order valence-corrected chi connectivity index (χ0v) is 8.23. The summed E-state index contributed by atoms with van der Waals surface area (Å²) in [5, 5.41) is 0. The third-order valence-corrected chi connectivity index (χ3v) is 1.47. The van der Waals surface area contributed by atoms with Crippen LogP contribution in [0.3, 0.4) is 0 Å². The van der Waals surface area contributed by atoms with E-state index >= 15 is 0 Å². The molecule has 0 aliphatic rings. The van der Waals surface area contributed by atoms with Crippen molar-refractivity contribution in [1.82, 2.24) is 0 Å². The summed E-state index contributed by atoms with van der Waals surface area (Å²) in [4.78, 5) is 21.9. The summed E-state index contributed by atoms with van der Waals surface area (Å²) in [7, 11) is 0. The zero-order valence-electron chi connectivity index (χ0n) is 8.23. The van der Waals surface area contributed by atoms with Crippen molar-refractivity contribution in [3.63, 3.8) is 0 Å². The third kappa shape index (κ3) is 3.64. The van der Waals surface area contributed by atoms with E-state index in [1.54, 1.807) is 30.3 Å². The Balaban J connectivity index is 2.57. The average molecular weight is 206 g/mol. The number of ether oxygens (including phenoxy) is 2. The molecule has 0 aliphatic heterocycles. The van der Waals surface area contributed by atoms with Crippen LogP contribution >= 0.6 is 0 Å². The van der Waals surface area contributed by atoms with Gasteiger partial charge in [-0.3, -0.25) is 4.79 Å². The van der Waals surface area contributed by atoms with Gasteiger partial charge in [0, 0.05) is 6.92 Å². The molecule has 0 heterocycles. The van der Waals surface area contributed by atoms with E-state index in [4.69, 9.17) is 0 Å². The maximum absolute atomic E-state index is 11.4. The van der Waals surface area contributed by atoms with Crippen LogP contribution in [0.5, 0.6) is 0 Å². The number of rotatable bonds is 3. The van der Waals surface area contributed by atoms with E-state index in [1.165, 1.54) is 6.92 Å². The van der Waals surface area contributed by atoms with Crippen LogP contribution in [0.1, 0.15) is 17.3 Å². The van der Waals surface area contributed by atoms with Crippen LogP contribution in [-0.4, -0.2) is 11.9 Å². The second-order valence-electron chi connectivity index (χ2n) is 2.72. The fourth-order valence-corrected chi connectivity index (χ4v) is 0.918. The number of hydrogen-bond donors (Lipinski definition) is 0. The van der Waals surface area contributed by atoms with Crippen molar-refractivity contribution < 1.29 is 19.1 Å². The second kappa shape index (κ2) is 4.95. The Hall–Kier alpha value is -2.10. The molecule has 0 spiro atoms. The van der Waals surface area contributed by atoms with Gasteiger partial charge in [0.2, 0.25) is 0 Å². The lowest BCUT2D eigenvalue weighted by Gasteiger charge is -2.05. The quantitative estimate of drug-likeness (QED) is 0.559. The predicted octanol–water partition coefficient (Wildman–Crippen LogP) is 1.88. The molecule has 0 aromatic heterocycles. The Bertz CT molecular complexity index is 381. The summed E-state index contributed by atoms with van der Waals surface area (Å²) in [6.45, 7) is 4.47. The lowest BCUT2D eigenvalue weighted by atomic mass is 10.2. The van der Waals surface area contributed by atoms with E-state index in [9.17, 15) is 9.59 Å². The zero-order chi connectivity index (χ0) is 11.3. The minimum atomic E-state index is -0.609. The fraction of sp³-hybridized carbons (Fsp3) is 0.0909. The van der Waals surface area contributed by atoms with E-state index < -0.39 is 11.9 Å². The van der Waals surface area contributed by atoms with Crippen molar-refractivity contribution in [2.75, 3.05) is 0 Å². The molecule has 0 fully saturated rings. The first-order valence-electron chi connectivity index (χ1n) is 4.24. The van der Waals surface area contributed by atoms with Crippen LogP contribution in [0, 0.1) is 0 Å². The Morgan fingerprint density at radius 1 is 1.13 bits per heavy atom. The van der Waals surface area contributed by atoms with E-state index in [0.717, 1.165) is 0 Å². The van der Waals surface area contributed by atoms with E-state index in [1.807, 2.05) is 0 Å². The van der Waals surface area contributed by atoms with Crippen LogP contribution in [0.25, 0.3) is 0 Å². The lowest BCUT2D eigenvalue weighted by Crippen LogP contribution is -2.08. The molecule has 1 rings (SSSR count). The maximum Gasteiger partial charge on any atom is 0.345 e. The maximum atomic E-state index is 11.4. The third-order valence-electron chi connectivity index (χ3n) is 1.47. The largest absolute Gasteiger partial charge is 0.393 e. The lowest BCUT2D eigenvalue weighted by molar-refractivity contribution is -0.140. The molecule has 4 nitrogen and oxygen atoms in total.